The van der Waals surface area contributed by atoms with Crippen LogP contribution in [0.1, 0.15) is 11.1 Å². The average Bonchev–Trinajstić information content (AvgIpc) is 2.84. The molecule has 0 aromatic heterocycles. The molecule has 0 amide bonds. The Morgan fingerprint density at radius 1 is 0.533 bits per heavy atom. The molecule has 0 atom stereocenters. The maximum absolute atomic E-state index is 5.95. The van der Waals surface area contributed by atoms with Crippen LogP contribution in [0.5, 0.6) is 0 Å². The summed E-state index contributed by atoms with van der Waals surface area (Å²) >= 11 is 8.09. The molecular formula is C27H25ClSSi. The molecule has 0 radical (unpaired) electrons. The van der Waals surface area contributed by atoms with Crippen LogP contribution in [-0.4, -0.2) is 13.0 Å². The first kappa shape index (κ1) is 21.0. The third kappa shape index (κ3) is 4.56. The minimum atomic E-state index is -2.20. The van der Waals surface area contributed by atoms with Gasteiger partial charge in [-0.25, -0.2) is 0 Å². The Labute approximate surface area is 189 Å². The molecule has 0 spiro atoms. The molecule has 0 aliphatic rings. The van der Waals surface area contributed by atoms with Gasteiger partial charge in [-0.2, -0.15) is 11.2 Å². The van der Waals surface area contributed by atoms with E-state index in [-0.39, 0.29) is 0 Å². The van der Waals surface area contributed by atoms with Crippen molar-refractivity contribution in [3.05, 3.63) is 126 Å². The first-order valence-corrected chi connectivity index (χ1v) is 14.5. The lowest BCUT2D eigenvalue weighted by Crippen LogP contribution is -2.65. The molecular weight excluding hydrogens is 420 g/mol. The Balaban J connectivity index is 1.72. The van der Waals surface area contributed by atoms with E-state index in [1.54, 1.807) is 0 Å². The molecule has 4 rings (SSSR count). The lowest BCUT2D eigenvalue weighted by atomic mass is 10.1. The van der Waals surface area contributed by atoms with Crippen LogP contribution in [0.25, 0.3) is 0 Å². The fourth-order valence-corrected chi connectivity index (χ4v) is 12.1. The maximum atomic E-state index is 5.95. The molecule has 0 aliphatic carbocycles. The van der Waals surface area contributed by atoms with Gasteiger partial charge in [-0.15, -0.1) is 11.6 Å². The highest BCUT2D eigenvalue weighted by molar-refractivity contribution is 8.33. The molecule has 4 aromatic rings. The van der Waals surface area contributed by atoms with Crippen LogP contribution in [0.4, 0.5) is 0 Å². The van der Waals surface area contributed by atoms with Crippen LogP contribution >= 0.6 is 22.8 Å². The summed E-state index contributed by atoms with van der Waals surface area (Å²) in [6, 6.07) is 42.0. The summed E-state index contributed by atoms with van der Waals surface area (Å²) in [4.78, 5) is 0. The van der Waals surface area contributed by atoms with E-state index < -0.39 is 7.22 Å². The van der Waals surface area contributed by atoms with Gasteiger partial charge in [0.05, 0.1) is 0 Å². The van der Waals surface area contributed by atoms with Gasteiger partial charge in [0.25, 0.3) is 0 Å². The third-order valence-corrected chi connectivity index (χ3v) is 14.0. The molecule has 4 aromatic carbocycles. The first-order chi connectivity index (χ1) is 14.8. The zero-order valence-corrected chi connectivity index (χ0v) is 19.4. The minimum absolute atomic E-state index is 0.571. The summed E-state index contributed by atoms with van der Waals surface area (Å²) in [7, 11) is -2.20. The number of hydrogen-bond donors (Lipinski definition) is 0. The number of rotatable bonds is 8. The Morgan fingerprint density at radius 3 is 1.33 bits per heavy atom. The normalized spacial score (nSPS) is 11.4. The predicted octanol–water partition coefficient (Wildman–Crippen LogP) is 5.37. The van der Waals surface area contributed by atoms with Crippen LogP contribution in [0.3, 0.4) is 0 Å². The van der Waals surface area contributed by atoms with Crippen LogP contribution in [0.15, 0.2) is 115 Å². The van der Waals surface area contributed by atoms with E-state index in [0.717, 1.165) is 12.2 Å². The number of alkyl halides is 1. The van der Waals surface area contributed by atoms with Crippen molar-refractivity contribution in [1.29, 1.82) is 0 Å². The smallest absolute Gasteiger partial charge is 0.169 e. The molecule has 0 bridgehead atoms. The van der Waals surface area contributed by atoms with Crippen molar-refractivity contribution in [3.63, 3.8) is 0 Å². The summed E-state index contributed by atoms with van der Waals surface area (Å²) in [5.74, 6) is 1.65. The molecule has 30 heavy (non-hydrogen) atoms. The Hall–Kier alpha value is -2.26. The molecule has 0 fully saturated rings. The van der Waals surface area contributed by atoms with Gasteiger partial charge in [-0.3, -0.25) is 0 Å². The third-order valence-electron chi connectivity index (χ3n) is 5.43. The van der Waals surface area contributed by atoms with Gasteiger partial charge in [0.1, 0.15) is 0 Å². The van der Waals surface area contributed by atoms with E-state index in [1.165, 1.54) is 26.7 Å². The largest absolute Gasteiger partial charge is 0.209 e. The van der Waals surface area contributed by atoms with E-state index in [9.17, 15) is 0 Å². The van der Waals surface area contributed by atoms with Crippen LogP contribution in [-0.2, 0) is 12.3 Å². The molecule has 0 nitrogen and oxygen atoms in total. The van der Waals surface area contributed by atoms with Gasteiger partial charge in [-0.05, 0) is 38.9 Å². The van der Waals surface area contributed by atoms with E-state index in [2.05, 4.69) is 126 Å². The Kier molecular flexibility index (Phi) is 7.11. The van der Waals surface area contributed by atoms with E-state index >= 15 is 0 Å². The molecule has 0 saturated heterocycles. The average molecular weight is 445 g/mol. The van der Waals surface area contributed by atoms with Crippen LogP contribution in [0.2, 0.25) is 0 Å². The molecule has 0 aliphatic heterocycles. The summed E-state index contributed by atoms with van der Waals surface area (Å²) in [6.45, 7) is 0. The highest BCUT2D eigenvalue weighted by Gasteiger charge is 2.39. The lowest BCUT2D eigenvalue weighted by molar-refractivity contribution is 1.15. The number of halogens is 1. The van der Waals surface area contributed by atoms with Gasteiger partial charge >= 0.3 is 0 Å². The second kappa shape index (κ2) is 10.2. The van der Waals surface area contributed by atoms with Gasteiger partial charge in [0, 0.05) is 5.88 Å². The zero-order chi connectivity index (χ0) is 20.7. The highest BCUT2D eigenvalue weighted by Crippen LogP contribution is 2.23. The Bertz CT molecular complexity index is 938. The van der Waals surface area contributed by atoms with Gasteiger partial charge < -0.3 is 0 Å². The second-order valence-corrected chi connectivity index (χ2v) is 14.1. The van der Waals surface area contributed by atoms with Crippen LogP contribution in [0, 0.1) is 0 Å². The highest BCUT2D eigenvalue weighted by atomic mass is 35.5. The summed E-state index contributed by atoms with van der Waals surface area (Å²) in [6.07, 6.45) is 1.05. The second-order valence-electron chi connectivity index (χ2n) is 7.33. The van der Waals surface area contributed by atoms with Crippen molar-refractivity contribution >= 4 is 45.6 Å². The predicted molar refractivity (Wildman–Crippen MR) is 136 cm³/mol. The van der Waals surface area contributed by atoms with E-state index in [0.29, 0.717) is 5.88 Å². The van der Waals surface area contributed by atoms with E-state index in [1.807, 2.05) is 0 Å². The Morgan fingerprint density at radius 2 is 0.933 bits per heavy atom. The summed E-state index contributed by atoms with van der Waals surface area (Å²) in [5.41, 5.74) is 2.54. The fraction of sp³-hybridized carbons (Fsp3) is 0.111. The topological polar surface area (TPSA) is 0 Å². The molecule has 0 N–H and O–H groups in total. The maximum Gasteiger partial charge on any atom is 0.209 e. The number of benzene rings is 4. The SMILES string of the molecule is ClCc1ccc(CCS[Si](c2ccccc2)(c2ccccc2)c2ccccc2)cc1. The standard InChI is InChI=1S/C27H25ClSSi/c28-22-24-18-16-23(17-19-24)20-21-29-30(25-10-4-1-5-11-25,26-12-6-2-7-13-26)27-14-8-3-9-15-27/h1-19H,20-22H2. The zero-order valence-electron chi connectivity index (χ0n) is 16.9. The van der Waals surface area contributed by atoms with Crippen molar-refractivity contribution in [3.8, 4) is 0 Å². The van der Waals surface area contributed by atoms with Crippen molar-refractivity contribution in [1.82, 2.24) is 0 Å². The van der Waals surface area contributed by atoms with E-state index in [4.69, 9.17) is 11.6 Å². The minimum Gasteiger partial charge on any atom is -0.169 e. The van der Waals surface area contributed by atoms with Gasteiger partial charge in [0.2, 0.25) is 7.22 Å². The molecule has 0 saturated carbocycles. The fourth-order valence-electron chi connectivity index (χ4n) is 3.89. The van der Waals surface area contributed by atoms with Crippen molar-refractivity contribution in [2.75, 3.05) is 5.75 Å². The monoisotopic (exact) mass is 444 g/mol. The molecule has 0 heterocycles. The molecule has 3 heteroatoms. The first-order valence-electron chi connectivity index (χ1n) is 10.3. The summed E-state index contributed by atoms with van der Waals surface area (Å²) < 4.78 is 0. The molecule has 150 valence electrons. The van der Waals surface area contributed by atoms with Crippen molar-refractivity contribution < 1.29 is 0 Å². The number of hydrogen-bond acceptors (Lipinski definition) is 1. The number of aryl methyl sites for hydroxylation is 1. The van der Waals surface area contributed by atoms with Crippen molar-refractivity contribution in [2.45, 2.75) is 12.3 Å². The van der Waals surface area contributed by atoms with Gasteiger partial charge in [-0.1, -0.05) is 115 Å². The lowest BCUT2D eigenvalue weighted by Gasteiger charge is -2.33. The van der Waals surface area contributed by atoms with Crippen LogP contribution < -0.4 is 15.6 Å². The molecule has 0 unspecified atom stereocenters. The quantitative estimate of drug-likeness (QED) is 0.200. The van der Waals surface area contributed by atoms with Crippen molar-refractivity contribution in [2.24, 2.45) is 0 Å². The summed E-state index contributed by atoms with van der Waals surface area (Å²) in [5, 5.41) is 4.35. The van der Waals surface area contributed by atoms with Gasteiger partial charge in [0.15, 0.2) is 0 Å².